The molecule has 0 bridgehead atoms. The molecule has 1 aliphatic heterocycles. The van der Waals surface area contributed by atoms with Crippen LogP contribution in [-0.4, -0.2) is 46.0 Å². The minimum absolute atomic E-state index is 0.319. The van der Waals surface area contributed by atoms with E-state index in [0.717, 1.165) is 26.2 Å². The summed E-state index contributed by atoms with van der Waals surface area (Å²) in [4.78, 5) is 18.6. The van der Waals surface area contributed by atoms with Gasteiger partial charge in [-0.15, -0.1) is 0 Å². The Morgan fingerprint density at radius 3 is 2.75 bits per heavy atom. The molecule has 1 aromatic rings. The molecular weight excluding hydrogens is 252 g/mol. The van der Waals surface area contributed by atoms with E-state index in [4.69, 9.17) is 0 Å². The molecule has 2 fully saturated rings. The van der Waals surface area contributed by atoms with Crippen LogP contribution in [0.5, 0.6) is 0 Å². The number of rotatable bonds is 6. The van der Waals surface area contributed by atoms with Crippen molar-refractivity contribution in [2.45, 2.75) is 44.7 Å². The Morgan fingerprint density at radius 1 is 1.30 bits per heavy atom. The van der Waals surface area contributed by atoms with E-state index in [9.17, 15) is 4.79 Å². The predicted molar refractivity (Wildman–Crippen MR) is 77.2 cm³/mol. The number of carbonyl (C=O) groups excluding carboxylic acids is 1. The van der Waals surface area contributed by atoms with E-state index in [2.05, 4.69) is 15.2 Å². The van der Waals surface area contributed by atoms with Crippen LogP contribution in [0.1, 0.15) is 32.1 Å². The van der Waals surface area contributed by atoms with E-state index in [1.54, 1.807) is 12.5 Å². The highest BCUT2D eigenvalue weighted by molar-refractivity contribution is 5.76. The second-order valence-corrected chi connectivity index (χ2v) is 6.02. The first-order chi connectivity index (χ1) is 9.83. The van der Waals surface area contributed by atoms with Crippen molar-refractivity contribution in [1.82, 2.24) is 19.8 Å². The number of aromatic nitrogens is 2. The van der Waals surface area contributed by atoms with E-state index in [-0.39, 0.29) is 0 Å². The van der Waals surface area contributed by atoms with Gasteiger partial charge < -0.3 is 14.8 Å². The van der Waals surface area contributed by atoms with Gasteiger partial charge in [-0.2, -0.15) is 0 Å². The molecule has 1 saturated heterocycles. The van der Waals surface area contributed by atoms with Crippen molar-refractivity contribution in [3.8, 4) is 0 Å². The first-order valence-electron chi connectivity index (χ1n) is 7.79. The normalized spacial score (nSPS) is 20.0. The van der Waals surface area contributed by atoms with E-state index in [0.29, 0.717) is 24.3 Å². The standard InChI is InChI=1S/C15H24N4O/c20-15(5-9-18-10-8-17-12-18)19(14-1-2-14)11-13-3-6-16-7-4-13/h8,10,12-14,16H,1-7,9,11H2. The number of aryl methyl sites for hydroxylation is 1. The van der Waals surface area contributed by atoms with Crippen molar-refractivity contribution in [1.29, 1.82) is 0 Å². The Morgan fingerprint density at radius 2 is 2.10 bits per heavy atom. The molecule has 0 radical (unpaired) electrons. The van der Waals surface area contributed by atoms with Gasteiger partial charge in [0.25, 0.3) is 0 Å². The van der Waals surface area contributed by atoms with Gasteiger partial charge in [0.2, 0.25) is 5.91 Å². The second kappa shape index (κ2) is 6.39. The third-order valence-electron chi connectivity index (χ3n) is 4.36. The van der Waals surface area contributed by atoms with Crippen molar-refractivity contribution in [2.24, 2.45) is 5.92 Å². The quantitative estimate of drug-likeness (QED) is 0.851. The summed E-state index contributed by atoms with van der Waals surface area (Å²) in [5.74, 6) is 1.01. The number of nitrogens with one attached hydrogen (secondary N) is 1. The van der Waals surface area contributed by atoms with Crippen molar-refractivity contribution in [2.75, 3.05) is 19.6 Å². The fraction of sp³-hybridized carbons (Fsp3) is 0.733. The molecule has 110 valence electrons. The fourth-order valence-electron chi connectivity index (χ4n) is 2.97. The molecule has 2 aliphatic rings. The van der Waals surface area contributed by atoms with E-state index in [1.165, 1.54) is 25.7 Å². The van der Waals surface area contributed by atoms with Crippen LogP contribution in [0, 0.1) is 5.92 Å². The van der Waals surface area contributed by atoms with Gasteiger partial charge in [-0.3, -0.25) is 4.79 Å². The highest BCUT2D eigenvalue weighted by Crippen LogP contribution is 2.29. The maximum Gasteiger partial charge on any atom is 0.224 e. The molecule has 0 atom stereocenters. The van der Waals surface area contributed by atoms with Gasteiger partial charge in [-0.05, 0) is 44.7 Å². The fourth-order valence-corrected chi connectivity index (χ4v) is 2.97. The SMILES string of the molecule is O=C(CCn1ccnc1)N(CC1CCNCC1)C1CC1. The highest BCUT2D eigenvalue weighted by atomic mass is 16.2. The van der Waals surface area contributed by atoms with E-state index in [1.807, 2.05) is 10.8 Å². The molecule has 5 nitrogen and oxygen atoms in total. The maximum absolute atomic E-state index is 12.5. The summed E-state index contributed by atoms with van der Waals surface area (Å²) >= 11 is 0. The summed E-state index contributed by atoms with van der Waals surface area (Å²) in [6, 6.07) is 0.528. The average Bonchev–Trinajstić information content (AvgIpc) is 3.19. The lowest BCUT2D eigenvalue weighted by Crippen LogP contribution is -2.40. The number of hydrogen-bond donors (Lipinski definition) is 1. The molecule has 0 spiro atoms. The minimum atomic E-state index is 0.319. The number of piperidine rings is 1. The van der Waals surface area contributed by atoms with Crippen molar-refractivity contribution < 1.29 is 4.79 Å². The summed E-state index contributed by atoms with van der Waals surface area (Å²) in [6.45, 7) is 3.92. The van der Waals surface area contributed by atoms with Crippen LogP contribution < -0.4 is 5.32 Å². The van der Waals surface area contributed by atoms with Crippen LogP contribution in [0.15, 0.2) is 18.7 Å². The Hall–Kier alpha value is -1.36. The van der Waals surface area contributed by atoms with Crippen LogP contribution in [0.2, 0.25) is 0 Å². The number of nitrogens with zero attached hydrogens (tertiary/aromatic N) is 3. The van der Waals surface area contributed by atoms with Gasteiger partial charge in [-0.1, -0.05) is 0 Å². The molecule has 5 heteroatoms. The summed E-state index contributed by atoms with van der Waals surface area (Å²) in [7, 11) is 0. The summed E-state index contributed by atoms with van der Waals surface area (Å²) in [5, 5.41) is 3.39. The number of imidazole rings is 1. The molecule has 1 amide bonds. The van der Waals surface area contributed by atoms with Crippen molar-refractivity contribution in [3.05, 3.63) is 18.7 Å². The van der Waals surface area contributed by atoms with Crippen LogP contribution in [0.3, 0.4) is 0 Å². The lowest BCUT2D eigenvalue weighted by atomic mass is 9.97. The smallest absolute Gasteiger partial charge is 0.224 e. The third-order valence-corrected chi connectivity index (χ3v) is 4.36. The van der Waals surface area contributed by atoms with E-state index >= 15 is 0 Å². The first kappa shape index (κ1) is 13.6. The summed E-state index contributed by atoms with van der Waals surface area (Å²) in [6.07, 6.45) is 10.9. The van der Waals surface area contributed by atoms with Gasteiger partial charge in [-0.25, -0.2) is 4.98 Å². The Labute approximate surface area is 120 Å². The molecule has 1 aromatic heterocycles. The van der Waals surface area contributed by atoms with Crippen LogP contribution >= 0.6 is 0 Å². The first-order valence-corrected chi connectivity index (χ1v) is 7.79. The Kier molecular flexibility index (Phi) is 4.35. The van der Waals surface area contributed by atoms with Gasteiger partial charge in [0.15, 0.2) is 0 Å². The molecule has 0 unspecified atom stereocenters. The lowest BCUT2D eigenvalue weighted by Gasteiger charge is -2.30. The third kappa shape index (κ3) is 3.60. The van der Waals surface area contributed by atoms with Crippen LogP contribution in [-0.2, 0) is 11.3 Å². The molecule has 2 heterocycles. The Balaban J connectivity index is 1.51. The molecular formula is C15H24N4O. The van der Waals surface area contributed by atoms with Crippen LogP contribution in [0.25, 0.3) is 0 Å². The zero-order chi connectivity index (χ0) is 13.8. The number of hydrogen-bond acceptors (Lipinski definition) is 3. The predicted octanol–water partition coefficient (Wildman–Crippen LogP) is 1.26. The topological polar surface area (TPSA) is 50.2 Å². The molecule has 0 aromatic carbocycles. The highest BCUT2D eigenvalue weighted by Gasteiger charge is 2.33. The minimum Gasteiger partial charge on any atom is -0.339 e. The molecule has 20 heavy (non-hydrogen) atoms. The van der Waals surface area contributed by atoms with Gasteiger partial charge in [0.1, 0.15) is 0 Å². The number of carbonyl (C=O) groups is 1. The van der Waals surface area contributed by atoms with Crippen molar-refractivity contribution >= 4 is 5.91 Å². The van der Waals surface area contributed by atoms with Gasteiger partial charge in [0, 0.05) is 37.9 Å². The van der Waals surface area contributed by atoms with E-state index < -0.39 is 0 Å². The second-order valence-electron chi connectivity index (χ2n) is 6.02. The largest absolute Gasteiger partial charge is 0.339 e. The lowest BCUT2D eigenvalue weighted by molar-refractivity contribution is -0.132. The van der Waals surface area contributed by atoms with Crippen molar-refractivity contribution in [3.63, 3.8) is 0 Å². The molecule has 1 N–H and O–H groups in total. The van der Waals surface area contributed by atoms with Crippen LogP contribution in [0.4, 0.5) is 0 Å². The summed E-state index contributed by atoms with van der Waals surface area (Å²) in [5.41, 5.74) is 0. The zero-order valence-corrected chi connectivity index (χ0v) is 12.0. The molecule has 3 rings (SSSR count). The maximum atomic E-state index is 12.5. The number of amides is 1. The monoisotopic (exact) mass is 276 g/mol. The average molecular weight is 276 g/mol. The van der Waals surface area contributed by atoms with Gasteiger partial charge >= 0.3 is 0 Å². The molecule has 1 saturated carbocycles. The van der Waals surface area contributed by atoms with Gasteiger partial charge in [0.05, 0.1) is 6.33 Å². The molecule has 1 aliphatic carbocycles. The zero-order valence-electron chi connectivity index (χ0n) is 12.0. The Bertz CT molecular complexity index is 421. The summed E-state index contributed by atoms with van der Waals surface area (Å²) < 4.78 is 1.98.